The first kappa shape index (κ1) is 13.4. The first-order valence-electron chi connectivity index (χ1n) is 5.23. The third-order valence-corrected chi connectivity index (χ3v) is 5.08. The van der Waals surface area contributed by atoms with Gasteiger partial charge >= 0.3 is 0 Å². The van der Waals surface area contributed by atoms with Gasteiger partial charge in [0.25, 0.3) is 10.2 Å². The van der Waals surface area contributed by atoms with Gasteiger partial charge in [-0.3, -0.25) is 0 Å². The molecule has 4 nitrogen and oxygen atoms in total. The molecule has 2 atom stereocenters. The molecular weight excluding hydrogens is 280 g/mol. The molecule has 0 aliphatic heterocycles. The summed E-state index contributed by atoms with van der Waals surface area (Å²) in [4.78, 5) is 0.556. The highest BCUT2D eigenvalue weighted by atomic mass is 79.9. The molecule has 15 heavy (non-hydrogen) atoms. The van der Waals surface area contributed by atoms with E-state index in [-0.39, 0.29) is 0 Å². The smallest absolute Gasteiger partial charge is 0.202 e. The molecular formula is C9H19BrN2O2S. The van der Waals surface area contributed by atoms with Crippen molar-refractivity contribution in [2.75, 3.05) is 20.6 Å². The summed E-state index contributed by atoms with van der Waals surface area (Å²) < 4.78 is 26.8. The largest absolute Gasteiger partial charge is 0.278 e. The topological polar surface area (TPSA) is 49.4 Å². The molecule has 2 unspecified atom stereocenters. The van der Waals surface area contributed by atoms with Crippen LogP contribution in [-0.4, -0.2) is 38.2 Å². The Bertz CT molecular complexity index is 292. The number of hydrogen-bond donors (Lipinski definition) is 1. The molecule has 1 aliphatic carbocycles. The van der Waals surface area contributed by atoms with Gasteiger partial charge in [-0.1, -0.05) is 22.4 Å². The van der Waals surface area contributed by atoms with Crippen molar-refractivity contribution in [2.24, 2.45) is 5.92 Å². The van der Waals surface area contributed by atoms with Gasteiger partial charge in [0.05, 0.1) is 0 Å². The molecule has 1 aliphatic rings. The molecule has 0 radical (unpaired) electrons. The zero-order chi connectivity index (χ0) is 11.5. The summed E-state index contributed by atoms with van der Waals surface area (Å²) >= 11 is 3.59. The lowest BCUT2D eigenvalue weighted by Gasteiger charge is -2.26. The van der Waals surface area contributed by atoms with Gasteiger partial charge in [0.15, 0.2) is 0 Å². The van der Waals surface area contributed by atoms with Crippen molar-refractivity contribution >= 4 is 26.1 Å². The van der Waals surface area contributed by atoms with Gasteiger partial charge in [0.2, 0.25) is 0 Å². The maximum absolute atomic E-state index is 11.5. The van der Waals surface area contributed by atoms with Crippen LogP contribution in [0.4, 0.5) is 0 Å². The van der Waals surface area contributed by atoms with E-state index >= 15 is 0 Å². The van der Waals surface area contributed by atoms with Crippen LogP contribution in [0.3, 0.4) is 0 Å². The second-order valence-electron chi connectivity index (χ2n) is 4.27. The molecule has 90 valence electrons. The highest BCUT2D eigenvalue weighted by Crippen LogP contribution is 2.28. The molecule has 0 heterocycles. The standard InChI is InChI=1S/C9H19BrN2O2S/c1-12(2)15(13,14)11-7-8-4-3-5-9(10)6-8/h8-9,11H,3-7H2,1-2H3. The fraction of sp³-hybridized carbons (Fsp3) is 1.00. The van der Waals surface area contributed by atoms with Crippen molar-refractivity contribution in [1.82, 2.24) is 9.03 Å². The van der Waals surface area contributed by atoms with Crippen LogP contribution < -0.4 is 4.72 Å². The predicted molar refractivity (Wildman–Crippen MR) is 65.3 cm³/mol. The summed E-state index contributed by atoms with van der Waals surface area (Å²) in [6.45, 7) is 0.558. The molecule has 0 bridgehead atoms. The zero-order valence-electron chi connectivity index (χ0n) is 9.24. The highest BCUT2D eigenvalue weighted by Gasteiger charge is 2.22. The average Bonchev–Trinajstić information content (AvgIpc) is 2.15. The van der Waals surface area contributed by atoms with E-state index in [1.807, 2.05) is 0 Å². The molecule has 1 N–H and O–H groups in total. The van der Waals surface area contributed by atoms with Crippen molar-refractivity contribution in [3.8, 4) is 0 Å². The molecule has 0 spiro atoms. The van der Waals surface area contributed by atoms with Crippen LogP contribution >= 0.6 is 15.9 Å². The highest BCUT2D eigenvalue weighted by molar-refractivity contribution is 9.09. The molecule has 1 fully saturated rings. The number of alkyl halides is 1. The van der Waals surface area contributed by atoms with Crippen molar-refractivity contribution in [2.45, 2.75) is 30.5 Å². The van der Waals surface area contributed by atoms with Gasteiger partial charge in [-0.2, -0.15) is 12.7 Å². The number of hydrogen-bond acceptors (Lipinski definition) is 2. The lowest BCUT2D eigenvalue weighted by Crippen LogP contribution is -2.39. The summed E-state index contributed by atoms with van der Waals surface area (Å²) in [5.41, 5.74) is 0. The molecule has 1 saturated carbocycles. The maximum atomic E-state index is 11.5. The third-order valence-electron chi connectivity index (χ3n) is 2.75. The van der Waals surface area contributed by atoms with Crippen molar-refractivity contribution in [3.05, 3.63) is 0 Å². The first-order valence-corrected chi connectivity index (χ1v) is 7.58. The number of rotatable bonds is 4. The van der Waals surface area contributed by atoms with E-state index in [4.69, 9.17) is 0 Å². The minimum absolute atomic E-state index is 0.470. The van der Waals surface area contributed by atoms with Crippen molar-refractivity contribution < 1.29 is 8.42 Å². The molecule has 0 amide bonds. The van der Waals surface area contributed by atoms with Gasteiger partial charge in [-0.25, -0.2) is 4.72 Å². The van der Waals surface area contributed by atoms with E-state index in [9.17, 15) is 8.42 Å². The van der Waals surface area contributed by atoms with Crippen LogP contribution in [0.2, 0.25) is 0 Å². The Kier molecular flexibility index (Phi) is 5.02. The minimum atomic E-state index is -3.25. The Morgan fingerprint density at radius 2 is 2.07 bits per heavy atom. The SMILES string of the molecule is CN(C)S(=O)(=O)NCC1CCCC(Br)C1. The monoisotopic (exact) mass is 298 g/mol. The first-order chi connectivity index (χ1) is 6.92. The van der Waals surface area contributed by atoms with Gasteiger partial charge in [-0.05, 0) is 25.2 Å². The minimum Gasteiger partial charge on any atom is -0.202 e. The molecule has 0 saturated heterocycles. The maximum Gasteiger partial charge on any atom is 0.278 e. The van der Waals surface area contributed by atoms with E-state index in [0.717, 1.165) is 12.8 Å². The summed E-state index contributed by atoms with van der Waals surface area (Å²) in [6.07, 6.45) is 4.58. The van der Waals surface area contributed by atoms with Crippen LogP contribution in [0.25, 0.3) is 0 Å². The van der Waals surface area contributed by atoms with Crippen LogP contribution in [0.1, 0.15) is 25.7 Å². The quantitative estimate of drug-likeness (QED) is 0.796. The van der Waals surface area contributed by atoms with Gasteiger partial charge in [-0.15, -0.1) is 0 Å². The Hall–Kier alpha value is 0.350. The Labute approximate surface area is 101 Å². The molecule has 6 heteroatoms. The van der Waals surface area contributed by atoms with E-state index in [0.29, 0.717) is 17.3 Å². The van der Waals surface area contributed by atoms with Gasteiger partial charge in [0.1, 0.15) is 0 Å². The van der Waals surface area contributed by atoms with Crippen molar-refractivity contribution in [1.29, 1.82) is 0 Å². The summed E-state index contributed by atoms with van der Waals surface area (Å²) in [7, 11) is -0.171. The zero-order valence-corrected chi connectivity index (χ0v) is 11.6. The van der Waals surface area contributed by atoms with Crippen LogP contribution in [0, 0.1) is 5.92 Å². The molecule has 0 aromatic heterocycles. The Morgan fingerprint density at radius 3 is 2.60 bits per heavy atom. The third kappa shape index (κ3) is 4.38. The summed E-state index contributed by atoms with van der Waals surface area (Å²) in [5.74, 6) is 0.470. The number of halogens is 1. The second kappa shape index (κ2) is 5.61. The van der Waals surface area contributed by atoms with E-state index in [1.54, 1.807) is 0 Å². The molecule has 1 rings (SSSR count). The second-order valence-corrected chi connectivity index (χ2v) is 7.53. The lowest BCUT2D eigenvalue weighted by molar-refractivity contribution is 0.364. The molecule has 0 aromatic rings. The number of nitrogens with one attached hydrogen (secondary N) is 1. The van der Waals surface area contributed by atoms with E-state index < -0.39 is 10.2 Å². The summed E-state index contributed by atoms with van der Waals surface area (Å²) in [6, 6.07) is 0. The van der Waals surface area contributed by atoms with E-state index in [1.165, 1.54) is 31.2 Å². The Balaban J connectivity index is 2.37. The normalized spacial score (nSPS) is 28.3. The summed E-state index contributed by atoms with van der Waals surface area (Å²) in [5, 5.41) is 0. The van der Waals surface area contributed by atoms with E-state index in [2.05, 4.69) is 20.7 Å². The van der Waals surface area contributed by atoms with Crippen LogP contribution in [0.15, 0.2) is 0 Å². The molecule has 0 aromatic carbocycles. The van der Waals surface area contributed by atoms with Gasteiger partial charge in [0, 0.05) is 25.5 Å². The number of nitrogens with zero attached hydrogens (tertiary/aromatic N) is 1. The fourth-order valence-electron chi connectivity index (χ4n) is 1.76. The fourth-order valence-corrected chi connectivity index (χ4v) is 3.32. The average molecular weight is 299 g/mol. The van der Waals surface area contributed by atoms with Crippen LogP contribution in [0.5, 0.6) is 0 Å². The Morgan fingerprint density at radius 1 is 1.40 bits per heavy atom. The predicted octanol–water partition coefficient (Wildman–Crippen LogP) is 1.34. The van der Waals surface area contributed by atoms with Crippen molar-refractivity contribution in [3.63, 3.8) is 0 Å². The van der Waals surface area contributed by atoms with Gasteiger partial charge < -0.3 is 0 Å². The van der Waals surface area contributed by atoms with Crippen LogP contribution in [-0.2, 0) is 10.2 Å². The lowest BCUT2D eigenvalue weighted by atomic mass is 9.89.